The van der Waals surface area contributed by atoms with E-state index in [2.05, 4.69) is 20.9 Å². The Kier molecular flexibility index (Phi) is 2.66. The summed E-state index contributed by atoms with van der Waals surface area (Å²) in [6.07, 6.45) is 0. The Bertz CT molecular complexity index is 461. The molecule has 0 saturated carbocycles. The van der Waals surface area contributed by atoms with Gasteiger partial charge in [0.1, 0.15) is 5.82 Å². The number of likely N-dealkylation sites (N-methyl/N-ethyl adjacent to an activating group) is 1. The van der Waals surface area contributed by atoms with Crippen LogP contribution in [-0.4, -0.2) is 24.5 Å². The molecule has 0 bridgehead atoms. The quantitative estimate of drug-likeness (QED) is 0.858. The highest BCUT2D eigenvalue weighted by Gasteiger charge is 2.38. The van der Waals surface area contributed by atoms with Crippen LogP contribution in [-0.2, 0) is 5.54 Å². The summed E-state index contributed by atoms with van der Waals surface area (Å²) in [6, 6.07) is 4.68. The Morgan fingerprint density at radius 1 is 1.56 bits per heavy atom. The Balaban J connectivity index is 2.45. The van der Waals surface area contributed by atoms with Crippen LogP contribution >= 0.6 is 15.9 Å². The van der Waals surface area contributed by atoms with Crippen molar-refractivity contribution in [1.82, 2.24) is 4.90 Å². The van der Waals surface area contributed by atoms with E-state index in [1.807, 2.05) is 18.9 Å². The summed E-state index contributed by atoms with van der Waals surface area (Å²) in [6.45, 7) is 2.62. The lowest BCUT2D eigenvalue weighted by Gasteiger charge is -2.34. The first kappa shape index (κ1) is 11.4. The van der Waals surface area contributed by atoms with Crippen LogP contribution in [0.3, 0.4) is 0 Å². The summed E-state index contributed by atoms with van der Waals surface area (Å²) in [5.41, 5.74) is 6.44. The van der Waals surface area contributed by atoms with Crippen LogP contribution in [0.15, 0.2) is 27.7 Å². The molecule has 2 N–H and O–H groups in total. The van der Waals surface area contributed by atoms with Crippen molar-refractivity contribution in [2.24, 2.45) is 10.7 Å². The van der Waals surface area contributed by atoms with Crippen molar-refractivity contribution in [3.8, 4) is 0 Å². The summed E-state index contributed by atoms with van der Waals surface area (Å²) in [7, 11) is 1.89. The van der Waals surface area contributed by atoms with E-state index in [1.54, 1.807) is 6.07 Å². The first-order chi connectivity index (χ1) is 7.45. The van der Waals surface area contributed by atoms with Crippen molar-refractivity contribution in [2.75, 3.05) is 13.6 Å². The minimum atomic E-state index is -0.309. The molecule has 5 heteroatoms. The standard InChI is InChI=1S/C11H13BrFN3/c1-11(6-15-10(14)16(11)2)8-4-3-7(13)5-9(8)12/h3-5H,6H2,1-2H3,(H2,14,15). The van der Waals surface area contributed by atoms with Gasteiger partial charge in [0.2, 0.25) is 0 Å². The second-order valence-corrected chi connectivity index (χ2v) is 4.99. The monoisotopic (exact) mass is 285 g/mol. The van der Waals surface area contributed by atoms with E-state index in [0.717, 1.165) is 10.0 Å². The third kappa shape index (κ3) is 1.59. The van der Waals surface area contributed by atoms with Crippen LogP contribution in [0.5, 0.6) is 0 Å². The smallest absolute Gasteiger partial charge is 0.191 e. The molecule has 1 aromatic carbocycles. The minimum Gasteiger partial charge on any atom is -0.370 e. The molecule has 0 spiro atoms. The SMILES string of the molecule is CN1C(N)=NCC1(C)c1ccc(F)cc1Br. The lowest BCUT2D eigenvalue weighted by molar-refractivity contribution is 0.266. The van der Waals surface area contributed by atoms with Crippen molar-refractivity contribution in [3.05, 3.63) is 34.1 Å². The maximum absolute atomic E-state index is 13.0. The molecule has 0 amide bonds. The molecule has 16 heavy (non-hydrogen) atoms. The zero-order chi connectivity index (χ0) is 11.9. The first-order valence-electron chi connectivity index (χ1n) is 4.94. The van der Waals surface area contributed by atoms with E-state index in [0.29, 0.717) is 12.5 Å². The molecule has 0 fully saturated rings. The van der Waals surface area contributed by atoms with Gasteiger partial charge in [-0.2, -0.15) is 0 Å². The van der Waals surface area contributed by atoms with Crippen LogP contribution in [0.25, 0.3) is 0 Å². The Labute approximate surface area is 102 Å². The highest BCUT2D eigenvalue weighted by molar-refractivity contribution is 9.10. The summed E-state index contributed by atoms with van der Waals surface area (Å²) < 4.78 is 13.8. The second kappa shape index (κ2) is 3.73. The van der Waals surface area contributed by atoms with Crippen LogP contribution in [0, 0.1) is 5.82 Å². The first-order valence-corrected chi connectivity index (χ1v) is 5.74. The van der Waals surface area contributed by atoms with Crippen molar-refractivity contribution in [1.29, 1.82) is 0 Å². The van der Waals surface area contributed by atoms with E-state index >= 15 is 0 Å². The number of aliphatic imine (C=N–C) groups is 1. The van der Waals surface area contributed by atoms with E-state index in [-0.39, 0.29) is 11.4 Å². The molecule has 1 heterocycles. The van der Waals surface area contributed by atoms with Gasteiger partial charge < -0.3 is 10.6 Å². The summed E-state index contributed by atoms with van der Waals surface area (Å²) in [5.74, 6) is 0.257. The van der Waals surface area contributed by atoms with Gasteiger partial charge >= 0.3 is 0 Å². The Hall–Kier alpha value is -1.10. The van der Waals surface area contributed by atoms with Gasteiger partial charge in [0.15, 0.2) is 5.96 Å². The zero-order valence-corrected chi connectivity index (χ0v) is 10.8. The third-order valence-electron chi connectivity index (χ3n) is 3.14. The van der Waals surface area contributed by atoms with Crippen LogP contribution in [0.2, 0.25) is 0 Å². The molecule has 1 atom stereocenters. The molecule has 86 valence electrons. The maximum atomic E-state index is 13.0. The molecule has 1 unspecified atom stereocenters. The van der Waals surface area contributed by atoms with E-state index < -0.39 is 0 Å². The molecular weight excluding hydrogens is 273 g/mol. The molecular formula is C11H13BrFN3. The highest BCUT2D eigenvalue weighted by atomic mass is 79.9. The normalized spacial score (nSPS) is 24.8. The number of halogens is 2. The highest BCUT2D eigenvalue weighted by Crippen LogP contribution is 2.35. The lowest BCUT2D eigenvalue weighted by atomic mass is 9.91. The van der Waals surface area contributed by atoms with E-state index in [4.69, 9.17) is 5.73 Å². The van der Waals surface area contributed by atoms with Gasteiger partial charge in [-0.1, -0.05) is 22.0 Å². The van der Waals surface area contributed by atoms with Crippen LogP contribution in [0.4, 0.5) is 4.39 Å². The molecule has 0 radical (unpaired) electrons. The van der Waals surface area contributed by atoms with Gasteiger partial charge in [0, 0.05) is 11.5 Å². The molecule has 2 rings (SSSR count). The number of guanidine groups is 1. The molecule has 1 aliphatic heterocycles. The third-order valence-corrected chi connectivity index (χ3v) is 3.80. The fraction of sp³-hybridized carbons (Fsp3) is 0.364. The average molecular weight is 286 g/mol. The average Bonchev–Trinajstić information content (AvgIpc) is 2.47. The molecule has 1 aliphatic rings. The largest absolute Gasteiger partial charge is 0.370 e. The fourth-order valence-corrected chi connectivity index (χ4v) is 2.67. The van der Waals surface area contributed by atoms with Gasteiger partial charge in [-0.3, -0.25) is 4.99 Å². The summed E-state index contributed by atoms with van der Waals surface area (Å²) in [5, 5.41) is 0. The fourth-order valence-electron chi connectivity index (χ4n) is 1.89. The van der Waals surface area contributed by atoms with E-state index in [1.165, 1.54) is 12.1 Å². The second-order valence-electron chi connectivity index (χ2n) is 4.13. The Morgan fingerprint density at radius 3 is 2.75 bits per heavy atom. The van der Waals surface area contributed by atoms with Crippen LogP contribution in [0.1, 0.15) is 12.5 Å². The van der Waals surface area contributed by atoms with Gasteiger partial charge in [-0.05, 0) is 24.6 Å². The van der Waals surface area contributed by atoms with Gasteiger partial charge in [0.25, 0.3) is 0 Å². The van der Waals surface area contributed by atoms with Crippen molar-refractivity contribution in [3.63, 3.8) is 0 Å². The lowest BCUT2D eigenvalue weighted by Crippen LogP contribution is -2.44. The molecule has 0 saturated heterocycles. The molecule has 3 nitrogen and oxygen atoms in total. The van der Waals surface area contributed by atoms with Gasteiger partial charge in [0.05, 0.1) is 12.1 Å². The topological polar surface area (TPSA) is 41.6 Å². The number of benzene rings is 1. The zero-order valence-electron chi connectivity index (χ0n) is 9.17. The minimum absolute atomic E-state index is 0.256. The maximum Gasteiger partial charge on any atom is 0.191 e. The summed E-state index contributed by atoms with van der Waals surface area (Å²) >= 11 is 3.38. The van der Waals surface area contributed by atoms with Gasteiger partial charge in [-0.25, -0.2) is 4.39 Å². The number of nitrogens with two attached hydrogens (primary N) is 1. The van der Waals surface area contributed by atoms with Crippen LogP contribution < -0.4 is 5.73 Å². The Morgan fingerprint density at radius 2 is 2.25 bits per heavy atom. The molecule has 0 aromatic heterocycles. The van der Waals surface area contributed by atoms with Crippen molar-refractivity contribution < 1.29 is 4.39 Å². The number of hydrogen-bond acceptors (Lipinski definition) is 3. The van der Waals surface area contributed by atoms with Gasteiger partial charge in [-0.15, -0.1) is 0 Å². The number of nitrogens with zero attached hydrogens (tertiary/aromatic N) is 2. The van der Waals surface area contributed by atoms with E-state index in [9.17, 15) is 4.39 Å². The van der Waals surface area contributed by atoms with Crippen molar-refractivity contribution in [2.45, 2.75) is 12.5 Å². The number of rotatable bonds is 1. The predicted molar refractivity (Wildman–Crippen MR) is 65.7 cm³/mol. The molecule has 0 aliphatic carbocycles. The molecule has 1 aromatic rings. The summed E-state index contributed by atoms with van der Waals surface area (Å²) in [4.78, 5) is 6.12. The number of hydrogen-bond donors (Lipinski definition) is 1. The predicted octanol–water partition coefficient (Wildman–Crippen LogP) is 2.06. The van der Waals surface area contributed by atoms with Crippen molar-refractivity contribution >= 4 is 21.9 Å².